The predicted molar refractivity (Wildman–Crippen MR) is 118 cm³/mol. The average Bonchev–Trinajstić information content (AvgIpc) is 3.04. The fraction of sp³-hybridized carbons (Fsp3) is 0.125. The second-order valence-electron chi connectivity index (χ2n) is 6.47. The number of thioether (sulfide) groups is 1. The minimum atomic E-state index is 0.0316. The lowest BCUT2D eigenvalue weighted by molar-refractivity contribution is 0.104. The van der Waals surface area contributed by atoms with Gasteiger partial charge in [0.15, 0.2) is 11.5 Å². The van der Waals surface area contributed by atoms with E-state index in [0.29, 0.717) is 34.6 Å². The largest absolute Gasteiger partial charge is 0.490 e. The molecule has 146 valence electrons. The zero-order chi connectivity index (χ0) is 20.2. The zero-order valence-corrected chi connectivity index (χ0v) is 17.4. The van der Waals surface area contributed by atoms with Gasteiger partial charge in [-0.15, -0.1) is 0 Å². The molecule has 0 aliphatic carbocycles. The third-order valence-corrected chi connectivity index (χ3v) is 5.81. The first-order valence-electron chi connectivity index (χ1n) is 9.32. The van der Waals surface area contributed by atoms with Gasteiger partial charge in [0.25, 0.3) is 0 Å². The summed E-state index contributed by atoms with van der Waals surface area (Å²) < 4.78 is 11.7. The molecule has 0 aromatic heterocycles. The van der Waals surface area contributed by atoms with Gasteiger partial charge in [0.05, 0.1) is 16.5 Å². The van der Waals surface area contributed by atoms with Gasteiger partial charge in [0.1, 0.15) is 6.61 Å². The van der Waals surface area contributed by atoms with Gasteiger partial charge in [-0.25, -0.2) is 0 Å². The second kappa shape index (κ2) is 8.76. The molecule has 3 nitrogen and oxygen atoms in total. The van der Waals surface area contributed by atoms with Crippen LogP contribution in [-0.2, 0) is 6.61 Å². The molecule has 0 spiro atoms. The quantitative estimate of drug-likeness (QED) is 0.417. The Morgan fingerprint density at radius 2 is 1.76 bits per heavy atom. The van der Waals surface area contributed by atoms with Crippen LogP contribution in [-0.4, -0.2) is 12.4 Å². The number of carbonyl (C=O) groups excluding carboxylic acids is 1. The lowest BCUT2D eigenvalue weighted by atomic mass is 10.1. The van der Waals surface area contributed by atoms with E-state index in [1.54, 1.807) is 6.07 Å². The smallest absolute Gasteiger partial charge is 0.200 e. The Hall–Kier alpha value is -2.69. The number of allylic oxidation sites excluding steroid dienone is 1. The van der Waals surface area contributed by atoms with Crippen LogP contribution in [0, 0.1) is 0 Å². The van der Waals surface area contributed by atoms with Crippen molar-refractivity contribution < 1.29 is 14.3 Å². The molecule has 1 aliphatic rings. The number of ketones is 1. The third kappa shape index (κ3) is 4.34. The number of hydrogen-bond donors (Lipinski definition) is 0. The summed E-state index contributed by atoms with van der Waals surface area (Å²) in [6, 6.07) is 21.2. The molecule has 0 bridgehead atoms. The third-order valence-electron chi connectivity index (χ3n) is 4.43. The predicted octanol–water partition coefficient (Wildman–Crippen LogP) is 6.65. The summed E-state index contributed by atoms with van der Waals surface area (Å²) in [4.78, 5) is 14.3. The average molecular weight is 423 g/mol. The maximum Gasteiger partial charge on any atom is 0.200 e. The van der Waals surface area contributed by atoms with E-state index in [9.17, 15) is 4.79 Å². The second-order valence-corrected chi connectivity index (χ2v) is 7.96. The van der Waals surface area contributed by atoms with Gasteiger partial charge in [0, 0.05) is 10.5 Å². The van der Waals surface area contributed by atoms with E-state index in [1.807, 2.05) is 73.7 Å². The first kappa shape index (κ1) is 19.6. The monoisotopic (exact) mass is 422 g/mol. The molecule has 0 unspecified atom stereocenters. The minimum Gasteiger partial charge on any atom is -0.490 e. The number of Topliss-reactive ketones (excluding diaryl/α,β-unsaturated/α-hetero) is 1. The van der Waals surface area contributed by atoms with Crippen molar-refractivity contribution in [2.75, 3.05) is 6.61 Å². The molecule has 29 heavy (non-hydrogen) atoms. The molecule has 0 N–H and O–H groups in total. The van der Waals surface area contributed by atoms with Crippen LogP contribution in [0.15, 0.2) is 76.5 Å². The molecule has 0 amide bonds. The molecule has 0 atom stereocenters. The van der Waals surface area contributed by atoms with Crippen molar-refractivity contribution in [2.24, 2.45) is 0 Å². The van der Waals surface area contributed by atoms with Crippen LogP contribution in [0.3, 0.4) is 0 Å². The summed E-state index contributed by atoms with van der Waals surface area (Å²) >= 11 is 7.99. The lowest BCUT2D eigenvalue weighted by Crippen LogP contribution is -2.01. The number of halogens is 1. The Labute approximate surface area is 179 Å². The molecule has 1 aliphatic heterocycles. The van der Waals surface area contributed by atoms with Crippen molar-refractivity contribution in [3.05, 3.63) is 93.3 Å². The van der Waals surface area contributed by atoms with E-state index in [2.05, 4.69) is 0 Å². The van der Waals surface area contributed by atoms with Crippen molar-refractivity contribution in [3.8, 4) is 11.5 Å². The molecular formula is C24H19ClO3S. The van der Waals surface area contributed by atoms with E-state index in [-0.39, 0.29) is 5.78 Å². The van der Waals surface area contributed by atoms with Gasteiger partial charge in [0.2, 0.25) is 5.78 Å². The molecule has 3 aromatic rings. The minimum absolute atomic E-state index is 0.0316. The Balaban J connectivity index is 1.62. The van der Waals surface area contributed by atoms with Crippen LogP contribution in [0.25, 0.3) is 6.08 Å². The Morgan fingerprint density at radius 3 is 2.52 bits per heavy atom. The first-order chi connectivity index (χ1) is 14.2. The molecule has 0 saturated heterocycles. The number of carbonyl (C=O) groups is 1. The van der Waals surface area contributed by atoms with Crippen molar-refractivity contribution in [1.29, 1.82) is 0 Å². The van der Waals surface area contributed by atoms with Crippen LogP contribution in [0.1, 0.15) is 28.4 Å². The van der Waals surface area contributed by atoms with Gasteiger partial charge < -0.3 is 9.47 Å². The molecule has 0 radical (unpaired) electrons. The maximum atomic E-state index is 12.6. The SMILES string of the molecule is CCOc1cc(/C=C2\Sc3ccccc3C2=O)cc(Cl)c1OCc1ccccc1. The summed E-state index contributed by atoms with van der Waals surface area (Å²) in [7, 11) is 0. The highest BCUT2D eigenvalue weighted by Crippen LogP contribution is 2.42. The summed E-state index contributed by atoms with van der Waals surface area (Å²) in [5, 5.41) is 0.451. The van der Waals surface area contributed by atoms with E-state index in [0.717, 1.165) is 21.6 Å². The number of fused-ring (bicyclic) bond motifs is 1. The molecule has 0 saturated carbocycles. The summed E-state index contributed by atoms with van der Waals surface area (Å²) in [5.41, 5.74) is 2.58. The normalized spacial score (nSPS) is 14.1. The van der Waals surface area contributed by atoms with Gasteiger partial charge in [-0.1, -0.05) is 65.8 Å². The first-order valence-corrected chi connectivity index (χ1v) is 10.5. The van der Waals surface area contributed by atoms with E-state index in [1.165, 1.54) is 11.8 Å². The van der Waals surface area contributed by atoms with Crippen LogP contribution < -0.4 is 9.47 Å². The fourth-order valence-electron chi connectivity index (χ4n) is 3.09. The van der Waals surface area contributed by atoms with E-state index >= 15 is 0 Å². The van der Waals surface area contributed by atoms with E-state index in [4.69, 9.17) is 21.1 Å². The number of rotatable bonds is 6. The van der Waals surface area contributed by atoms with Gasteiger partial charge in [-0.05, 0) is 48.4 Å². The van der Waals surface area contributed by atoms with Crippen LogP contribution in [0.2, 0.25) is 5.02 Å². The summed E-state index contributed by atoms with van der Waals surface area (Å²) in [5.74, 6) is 1.10. The van der Waals surface area contributed by atoms with Crippen molar-refractivity contribution in [2.45, 2.75) is 18.4 Å². The number of hydrogen-bond acceptors (Lipinski definition) is 4. The van der Waals surface area contributed by atoms with E-state index < -0.39 is 0 Å². The van der Waals surface area contributed by atoms with Gasteiger partial charge >= 0.3 is 0 Å². The molecule has 4 rings (SSSR count). The highest BCUT2D eigenvalue weighted by Gasteiger charge is 2.25. The molecule has 1 heterocycles. The van der Waals surface area contributed by atoms with Gasteiger partial charge in [-0.3, -0.25) is 4.79 Å². The van der Waals surface area contributed by atoms with Crippen LogP contribution in [0.5, 0.6) is 11.5 Å². The van der Waals surface area contributed by atoms with Crippen LogP contribution in [0.4, 0.5) is 0 Å². The molecule has 0 fully saturated rings. The Kier molecular flexibility index (Phi) is 5.93. The van der Waals surface area contributed by atoms with Crippen molar-refractivity contribution in [3.63, 3.8) is 0 Å². The van der Waals surface area contributed by atoms with Crippen molar-refractivity contribution in [1.82, 2.24) is 0 Å². The zero-order valence-electron chi connectivity index (χ0n) is 15.9. The Morgan fingerprint density at radius 1 is 1.00 bits per heavy atom. The topological polar surface area (TPSA) is 35.5 Å². The molecular weight excluding hydrogens is 404 g/mol. The lowest BCUT2D eigenvalue weighted by Gasteiger charge is -2.14. The molecule has 3 aromatic carbocycles. The standard InChI is InChI=1S/C24H19ClO3S/c1-2-27-20-13-17(14-22-23(26)18-10-6-7-11-21(18)29-22)12-19(25)24(20)28-15-16-8-4-3-5-9-16/h3-14H,2,15H2,1H3/b22-14-. The van der Waals surface area contributed by atoms with Crippen molar-refractivity contribution >= 4 is 35.2 Å². The number of ether oxygens (including phenoxy) is 2. The fourth-order valence-corrected chi connectivity index (χ4v) is 4.42. The highest BCUT2D eigenvalue weighted by molar-refractivity contribution is 8.04. The highest BCUT2D eigenvalue weighted by atomic mass is 35.5. The maximum absolute atomic E-state index is 12.6. The molecule has 5 heteroatoms. The summed E-state index contributed by atoms with van der Waals surface area (Å²) in [6.07, 6.45) is 1.85. The number of benzene rings is 3. The van der Waals surface area contributed by atoms with Gasteiger partial charge in [-0.2, -0.15) is 0 Å². The van der Waals surface area contributed by atoms with Crippen LogP contribution >= 0.6 is 23.4 Å². The summed E-state index contributed by atoms with van der Waals surface area (Å²) in [6.45, 7) is 2.79. The Bertz CT molecular complexity index is 1080.